The zero-order chi connectivity index (χ0) is 26.6. The van der Waals surface area contributed by atoms with E-state index in [1.807, 2.05) is 0 Å². The van der Waals surface area contributed by atoms with E-state index in [9.17, 15) is 35.9 Å². The van der Waals surface area contributed by atoms with E-state index in [1.54, 1.807) is 5.32 Å². The number of halogens is 9. The van der Waals surface area contributed by atoms with Gasteiger partial charge in [0.1, 0.15) is 6.54 Å². The molecule has 0 aliphatic rings. The number of ketones is 1. The molecule has 0 bridgehead atoms. The third-order valence-electron chi connectivity index (χ3n) is 4.77. The van der Waals surface area contributed by atoms with E-state index < -0.39 is 42.4 Å². The first kappa shape index (κ1) is 29.2. The van der Waals surface area contributed by atoms with Gasteiger partial charge in [-0.3, -0.25) is 9.59 Å². The Bertz CT molecular complexity index is 1100. The highest BCUT2D eigenvalue weighted by Gasteiger charge is 2.39. The number of amides is 1. The second-order valence-corrected chi connectivity index (χ2v) is 9.41. The normalized spacial score (nSPS) is 14.1. The van der Waals surface area contributed by atoms with E-state index in [1.165, 1.54) is 49.4 Å². The lowest BCUT2D eigenvalue weighted by atomic mass is 9.96. The van der Waals surface area contributed by atoms with Crippen LogP contribution in [0.1, 0.15) is 40.7 Å². The maximum atomic E-state index is 13.6. The van der Waals surface area contributed by atoms with Gasteiger partial charge in [0.25, 0.3) is 0 Å². The van der Waals surface area contributed by atoms with E-state index in [0.717, 1.165) is 6.08 Å². The van der Waals surface area contributed by atoms with Crippen LogP contribution in [0.2, 0.25) is 10.0 Å². The maximum Gasteiger partial charge on any atom is 0.405 e. The summed E-state index contributed by atoms with van der Waals surface area (Å²) in [6.45, 7) is -0.191. The number of rotatable bonds is 8. The van der Waals surface area contributed by atoms with E-state index in [0.29, 0.717) is 5.56 Å². The summed E-state index contributed by atoms with van der Waals surface area (Å²) in [5.41, 5.74) is 0.327. The molecule has 0 saturated heterocycles. The molecule has 0 aromatic heterocycles. The van der Waals surface area contributed by atoms with Gasteiger partial charge in [0.05, 0.1) is 5.92 Å². The molecule has 35 heavy (non-hydrogen) atoms. The summed E-state index contributed by atoms with van der Waals surface area (Å²) < 4.78 is 77.9. The van der Waals surface area contributed by atoms with Crippen molar-refractivity contribution in [2.75, 3.05) is 6.54 Å². The van der Waals surface area contributed by atoms with Crippen molar-refractivity contribution in [1.82, 2.24) is 5.32 Å². The fraction of sp³-hybridized carbons (Fsp3) is 0.304. The second kappa shape index (κ2) is 11.8. The summed E-state index contributed by atoms with van der Waals surface area (Å²) in [7, 11) is 0. The Balaban J connectivity index is 2.16. The summed E-state index contributed by atoms with van der Waals surface area (Å²) in [5, 5.41) is 1.83. The largest absolute Gasteiger partial charge is 0.405 e. The van der Waals surface area contributed by atoms with Crippen molar-refractivity contribution in [1.29, 1.82) is 0 Å². The van der Waals surface area contributed by atoms with Crippen molar-refractivity contribution in [3.8, 4) is 0 Å². The summed E-state index contributed by atoms with van der Waals surface area (Å²) in [6, 6.07) is 7.82. The van der Waals surface area contributed by atoms with E-state index >= 15 is 0 Å². The summed E-state index contributed by atoms with van der Waals surface area (Å²) >= 11 is 14.8. The molecule has 190 valence electrons. The van der Waals surface area contributed by atoms with Crippen LogP contribution in [-0.4, -0.2) is 30.6 Å². The minimum atomic E-state index is -4.62. The summed E-state index contributed by atoms with van der Waals surface area (Å²) in [4.78, 5) is 24.3. The molecular weight excluding hydrogens is 587 g/mol. The number of carbonyl (C=O) groups is 2. The lowest BCUT2D eigenvalue weighted by Crippen LogP contribution is -2.37. The number of nitrogens with one attached hydrogen (secondary N) is 1. The van der Waals surface area contributed by atoms with Crippen LogP contribution in [0.5, 0.6) is 0 Å². The predicted molar refractivity (Wildman–Crippen MR) is 126 cm³/mol. The molecule has 1 unspecified atom stereocenters. The van der Waals surface area contributed by atoms with Crippen LogP contribution >= 0.6 is 39.1 Å². The van der Waals surface area contributed by atoms with E-state index in [-0.39, 0.29) is 32.1 Å². The smallest absolute Gasteiger partial charge is 0.347 e. The average Bonchev–Trinajstić information content (AvgIpc) is 2.69. The van der Waals surface area contributed by atoms with Crippen LogP contribution in [0, 0.1) is 5.92 Å². The molecule has 0 spiro atoms. The zero-order valence-corrected chi connectivity index (χ0v) is 21.0. The Kier molecular flexibility index (Phi) is 9.84. The highest BCUT2D eigenvalue weighted by atomic mass is 79.9. The molecule has 2 atom stereocenters. The number of alkyl halides is 6. The molecule has 0 aliphatic heterocycles. The Labute approximate surface area is 215 Å². The number of benzene rings is 2. The van der Waals surface area contributed by atoms with Crippen LogP contribution < -0.4 is 5.32 Å². The van der Waals surface area contributed by atoms with Crippen LogP contribution in [0.3, 0.4) is 0 Å². The first-order valence-corrected chi connectivity index (χ1v) is 11.5. The molecular formula is C23H18BrCl2F6NO2. The molecule has 0 saturated carbocycles. The fourth-order valence-corrected chi connectivity index (χ4v) is 4.24. The molecule has 1 N–H and O–H groups in total. The third kappa shape index (κ3) is 9.16. The highest BCUT2D eigenvalue weighted by Crippen LogP contribution is 2.38. The molecule has 2 aromatic carbocycles. The second-order valence-electron chi connectivity index (χ2n) is 7.68. The minimum absolute atomic E-state index is 0.0575. The SMILES string of the molecule is C[C@@H](CC(=O)c1ccc(/C=C/C(c2cc(Cl)cc(Cl)c2)C(F)(F)F)cc1Br)C(=O)NCC(F)(F)F. The van der Waals surface area contributed by atoms with Crippen LogP contribution in [0.15, 0.2) is 46.9 Å². The van der Waals surface area contributed by atoms with Gasteiger partial charge in [-0.25, -0.2) is 0 Å². The highest BCUT2D eigenvalue weighted by molar-refractivity contribution is 9.10. The first-order valence-electron chi connectivity index (χ1n) is 9.95. The van der Waals surface area contributed by atoms with Gasteiger partial charge in [-0.1, -0.05) is 64.3 Å². The molecule has 0 aliphatic carbocycles. The number of hydrogen-bond acceptors (Lipinski definition) is 2. The zero-order valence-electron chi connectivity index (χ0n) is 17.9. The summed E-state index contributed by atoms with van der Waals surface area (Å²) in [6.07, 6.45) is -7.41. The lowest BCUT2D eigenvalue weighted by Gasteiger charge is -2.18. The van der Waals surface area contributed by atoms with Crippen molar-refractivity contribution >= 4 is 56.9 Å². The van der Waals surface area contributed by atoms with Gasteiger partial charge < -0.3 is 5.32 Å². The molecule has 0 heterocycles. The molecule has 12 heteroatoms. The Hall–Kier alpha value is -2.04. The number of carbonyl (C=O) groups excluding carboxylic acids is 2. The van der Waals surface area contributed by atoms with Gasteiger partial charge in [0.15, 0.2) is 5.78 Å². The van der Waals surface area contributed by atoms with Gasteiger partial charge >= 0.3 is 12.4 Å². The van der Waals surface area contributed by atoms with E-state index in [4.69, 9.17) is 23.2 Å². The quantitative estimate of drug-likeness (QED) is 0.245. The average molecular weight is 605 g/mol. The Morgan fingerprint density at radius 3 is 2.14 bits per heavy atom. The standard InChI is InChI=1S/C23H18BrCl2F6NO2/c1-12(21(35)33-11-22(27,28)29)6-20(34)17-4-2-13(7-19(17)24)3-5-18(23(30,31)32)14-8-15(25)10-16(26)9-14/h2-5,7-10,12,18H,6,11H2,1H3,(H,33,35)/b5-3+/t12-,18?/m0/s1. The summed E-state index contributed by atoms with van der Waals surface area (Å²) in [5.74, 6) is -4.46. The van der Waals surface area contributed by atoms with Crippen LogP contribution in [0.25, 0.3) is 6.08 Å². The molecule has 0 fully saturated rings. The monoisotopic (exact) mass is 603 g/mol. The molecule has 2 aromatic rings. The van der Waals surface area contributed by atoms with Crippen LogP contribution in [-0.2, 0) is 4.79 Å². The van der Waals surface area contributed by atoms with Gasteiger partial charge in [-0.05, 0) is 41.5 Å². The first-order chi connectivity index (χ1) is 16.1. The Morgan fingerprint density at radius 2 is 1.63 bits per heavy atom. The lowest BCUT2D eigenvalue weighted by molar-refractivity contribution is -0.140. The molecule has 1 amide bonds. The molecule has 2 rings (SSSR count). The molecule has 0 radical (unpaired) electrons. The predicted octanol–water partition coefficient (Wildman–Crippen LogP) is 8.00. The van der Waals surface area contributed by atoms with Gasteiger partial charge in [0, 0.05) is 32.4 Å². The minimum Gasteiger partial charge on any atom is -0.347 e. The molecule has 3 nitrogen and oxygen atoms in total. The van der Waals surface area contributed by atoms with Crippen molar-refractivity contribution in [2.45, 2.75) is 31.6 Å². The topological polar surface area (TPSA) is 46.2 Å². The van der Waals surface area contributed by atoms with Crippen molar-refractivity contribution in [2.24, 2.45) is 5.92 Å². The van der Waals surface area contributed by atoms with E-state index in [2.05, 4.69) is 15.9 Å². The number of allylic oxidation sites excluding steroid dienone is 1. The Morgan fingerprint density at radius 1 is 1.03 bits per heavy atom. The third-order valence-corrected chi connectivity index (χ3v) is 5.87. The van der Waals surface area contributed by atoms with Crippen LogP contribution in [0.4, 0.5) is 26.3 Å². The van der Waals surface area contributed by atoms with Crippen molar-refractivity contribution in [3.63, 3.8) is 0 Å². The maximum absolute atomic E-state index is 13.6. The van der Waals surface area contributed by atoms with Crippen molar-refractivity contribution in [3.05, 3.63) is 73.7 Å². The number of hydrogen-bond donors (Lipinski definition) is 1. The van der Waals surface area contributed by atoms with Gasteiger partial charge in [0.2, 0.25) is 5.91 Å². The van der Waals surface area contributed by atoms with Crippen molar-refractivity contribution < 1.29 is 35.9 Å². The number of Topliss-reactive ketones (excluding diaryl/α,β-unsaturated/α-hetero) is 1. The van der Waals surface area contributed by atoms with Gasteiger partial charge in [-0.15, -0.1) is 0 Å². The fourth-order valence-electron chi connectivity index (χ4n) is 3.07. The van der Waals surface area contributed by atoms with Gasteiger partial charge in [-0.2, -0.15) is 26.3 Å².